The van der Waals surface area contributed by atoms with Crippen molar-refractivity contribution in [3.05, 3.63) is 35.2 Å². The van der Waals surface area contributed by atoms with Crippen LogP contribution in [0.5, 0.6) is 5.75 Å². The molecule has 0 saturated carbocycles. The van der Waals surface area contributed by atoms with Gasteiger partial charge in [0.2, 0.25) is 5.91 Å². The summed E-state index contributed by atoms with van der Waals surface area (Å²) in [4.78, 5) is 12.3. The van der Waals surface area contributed by atoms with Gasteiger partial charge in [-0.2, -0.15) is 15.4 Å². The van der Waals surface area contributed by atoms with Gasteiger partial charge >= 0.3 is 0 Å². The Hall–Kier alpha value is -2.37. The lowest BCUT2D eigenvalue weighted by atomic mass is 9.89. The van der Waals surface area contributed by atoms with Crippen LogP contribution in [0, 0.1) is 12.8 Å². The molecule has 0 radical (unpaired) electrons. The molecule has 1 heterocycles. The summed E-state index contributed by atoms with van der Waals surface area (Å²) >= 11 is 0. The van der Waals surface area contributed by atoms with Crippen LogP contribution in [0.2, 0.25) is 0 Å². The van der Waals surface area contributed by atoms with Gasteiger partial charge in [-0.15, -0.1) is 0 Å². The van der Waals surface area contributed by atoms with Gasteiger partial charge in [-0.1, -0.05) is 6.07 Å². The minimum atomic E-state index is -0.132. The second-order valence-corrected chi connectivity index (χ2v) is 5.17. The van der Waals surface area contributed by atoms with Gasteiger partial charge in [-0.05, 0) is 37.5 Å². The maximum Gasteiger partial charge on any atom is 0.227 e. The summed E-state index contributed by atoms with van der Waals surface area (Å²) in [6.07, 6.45) is 2.09. The number of H-pyrrole nitrogens is 1. The van der Waals surface area contributed by atoms with Crippen molar-refractivity contribution >= 4 is 11.6 Å². The zero-order valence-electron chi connectivity index (χ0n) is 11.2. The minimum absolute atomic E-state index is 0.0837. The highest BCUT2D eigenvalue weighted by Gasteiger charge is 2.27. The number of anilines is 1. The summed E-state index contributed by atoms with van der Waals surface area (Å²) in [5.41, 5.74) is 3.26. The van der Waals surface area contributed by atoms with E-state index >= 15 is 0 Å². The molecule has 0 aliphatic heterocycles. The Balaban J connectivity index is 1.73. The van der Waals surface area contributed by atoms with Gasteiger partial charge < -0.3 is 10.4 Å². The van der Waals surface area contributed by atoms with Crippen LogP contribution < -0.4 is 5.32 Å². The van der Waals surface area contributed by atoms with Crippen LogP contribution >= 0.6 is 0 Å². The highest BCUT2D eigenvalue weighted by Crippen LogP contribution is 2.27. The van der Waals surface area contributed by atoms with Crippen LogP contribution in [0.3, 0.4) is 0 Å². The fraction of sp³-hybridized carbons (Fsp3) is 0.357. The van der Waals surface area contributed by atoms with Crippen LogP contribution in [-0.2, 0) is 17.6 Å². The summed E-state index contributed by atoms with van der Waals surface area (Å²) in [6.45, 7) is 1.91. The van der Waals surface area contributed by atoms with E-state index in [-0.39, 0.29) is 17.6 Å². The third-order valence-electron chi connectivity index (χ3n) is 3.65. The number of aromatic amines is 1. The highest BCUT2D eigenvalue weighted by molar-refractivity contribution is 5.94. The Kier molecular flexibility index (Phi) is 3.14. The first-order valence-electron chi connectivity index (χ1n) is 6.62. The van der Waals surface area contributed by atoms with Gasteiger partial charge in [0.25, 0.3) is 0 Å². The van der Waals surface area contributed by atoms with Crippen molar-refractivity contribution in [1.82, 2.24) is 15.4 Å². The molecule has 1 atom stereocenters. The molecule has 1 aliphatic rings. The molecule has 20 heavy (non-hydrogen) atoms. The molecule has 3 rings (SSSR count). The number of aromatic nitrogens is 3. The van der Waals surface area contributed by atoms with Gasteiger partial charge in [0.1, 0.15) is 5.75 Å². The van der Waals surface area contributed by atoms with Crippen molar-refractivity contribution in [2.24, 2.45) is 5.92 Å². The summed E-state index contributed by atoms with van der Waals surface area (Å²) in [6, 6.07) is 5.15. The second-order valence-electron chi connectivity index (χ2n) is 5.17. The lowest BCUT2D eigenvalue weighted by molar-refractivity contribution is -0.120. The molecule has 3 N–H and O–H groups in total. The summed E-state index contributed by atoms with van der Waals surface area (Å²) in [5.74, 6) is -0.131. The molecule has 1 aliphatic carbocycles. The van der Waals surface area contributed by atoms with Crippen LogP contribution in [0.1, 0.15) is 23.4 Å². The number of aryl methyl sites for hydroxylation is 2. The number of amides is 1. The molecule has 0 fully saturated rings. The van der Waals surface area contributed by atoms with Crippen molar-refractivity contribution in [3.63, 3.8) is 0 Å². The first kappa shape index (κ1) is 12.7. The minimum Gasteiger partial charge on any atom is -0.506 e. The third-order valence-corrected chi connectivity index (χ3v) is 3.65. The van der Waals surface area contributed by atoms with Crippen LogP contribution in [0.4, 0.5) is 5.69 Å². The number of phenolic OH excluding ortho intramolecular Hbond substituents is 1. The molecule has 0 bridgehead atoms. The zero-order chi connectivity index (χ0) is 14.1. The number of hydrogen-bond acceptors (Lipinski definition) is 4. The number of nitrogens with one attached hydrogen (secondary N) is 2. The largest absolute Gasteiger partial charge is 0.506 e. The number of benzene rings is 1. The summed E-state index contributed by atoms with van der Waals surface area (Å²) in [7, 11) is 0. The molecule has 2 aromatic rings. The summed E-state index contributed by atoms with van der Waals surface area (Å²) in [5, 5.41) is 23.3. The Morgan fingerprint density at radius 2 is 2.20 bits per heavy atom. The molecule has 6 heteroatoms. The van der Waals surface area contributed by atoms with Crippen LogP contribution in [0.15, 0.2) is 18.2 Å². The van der Waals surface area contributed by atoms with E-state index in [0.29, 0.717) is 12.1 Å². The van der Waals surface area contributed by atoms with Crippen LogP contribution in [-0.4, -0.2) is 26.4 Å². The topological polar surface area (TPSA) is 90.9 Å². The third kappa shape index (κ3) is 2.36. The maximum atomic E-state index is 12.3. The highest BCUT2D eigenvalue weighted by atomic mass is 16.3. The fourth-order valence-electron chi connectivity index (χ4n) is 2.49. The summed E-state index contributed by atoms with van der Waals surface area (Å²) < 4.78 is 0. The predicted octanol–water partition coefficient (Wildman–Crippen LogP) is 1.56. The number of hydrogen-bond donors (Lipinski definition) is 3. The average Bonchev–Trinajstić information content (AvgIpc) is 2.90. The van der Waals surface area contributed by atoms with Crippen LogP contribution in [0.25, 0.3) is 0 Å². The number of rotatable bonds is 2. The lowest BCUT2D eigenvalue weighted by Crippen LogP contribution is -2.28. The fourth-order valence-corrected chi connectivity index (χ4v) is 2.49. The lowest BCUT2D eigenvalue weighted by Gasteiger charge is -2.20. The average molecular weight is 272 g/mol. The molecule has 0 spiro atoms. The Morgan fingerprint density at radius 1 is 1.40 bits per heavy atom. The first-order chi connectivity index (χ1) is 9.63. The normalized spacial score (nSPS) is 17.6. The number of aromatic hydroxyl groups is 1. The van der Waals surface area contributed by atoms with E-state index in [9.17, 15) is 9.90 Å². The van der Waals surface area contributed by atoms with Gasteiger partial charge in [0.15, 0.2) is 0 Å². The maximum absolute atomic E-state index is 12.3. The molecule has 1 unspecified atom stereocenters. The van der Waals surface area contributed by atoms with E-state index < -0.39 is 0 Å². The quantitative estimate of drug-likeness (QED) is 0.724. The van der Waals surface area contributed by atoms with E-state index in [1.54, 1.807) is 18.2 Å². The number of carbonyl (C=O) groups excluding carboxylic acids is 1. The van der Waals surface area contributed by atoms with Crippen molar-refractivity contribution < 1.29 is 9.90 Å². The second kappa shape index (κ2) is 4.96. The molecular formula is C14H16N4O2. The Labute approximate surface area is 116 Å². The number of phenols is 1. The zero-order valence-corrected chi connectivity index (χ0v) is 11.2. The molecule has 1 aromatic heterocycles. The Morgan fingerprint density at radius 3 is 3.05 bits per heavy atom. The monoisotopic (exact) mass is 272 g/mol. The van der Waals surface area contributed by atoms with E-state index in [4.69, 9.17) is 0 Å². The Bertz CT molecular complexity index is 650. The van der Waals surface area contributed by atoms with Gasteiger partial charge in [0.05, 0.1) is 17.1 Å². The van der Waals surface area contributed by atoms with E-state index in [0.717, 1.165) is 29.8 Å². The van der Waals surface area contributed by atoms with Crippen molar-refractivity contribution in [3.8, 4) is 5.75 Å². The molecule has 104 valence electrons. The van der Waals surface area contributed by atoms with Crippen molar-refractivity contribution in [2.75, 3.05) is 5.32 Å². The SMILES string of the molecule is Cc1ccc(O)c(NC(=O)C2CCc3n[nH]nc3C2)c1. The standard InChI is InChI=1S/C14H16N4O2/c1-8-2-5-13(19)12(6-8)15-14(20)9-3-4-10-11(7-9)17-18-16-10/h2,5-6,9,19H,3-4,7H2,1H3,(H,15,20)(H,16,17,18). The number of nitrogens with zero attached hydrogens (tertiary/aromatic N) is 2. The molecular weight excluding hydrogens is 256 g/mol. The van der Waals surface area contributed by atoms with E-state index in [2.05, 4.69) is 20.7 Å². The van der Waals surface area contributed by atoms with Crippen molar-refractivity contribution in [2.45, 2.75) is 26.2 Å². The smallest absolute Gasteiger partial charge is 0.227 e. The molecule has 1 aromatic carbocycles. The number of fused-ring (bicyclic) bond motifs is 1. The van der Waals surface area contributed by atoms with E-state index in [1.165, 1.54) is 0 Å². The van der Waals surface area contributed by atoms with E-state index in [1.807, 2.05) is 6.92 Å². The molecule has 1 amide bonds. The molecule has 0 saturated heterocycles. The van der Waals surface area contributed by atoms with Crippen molar-refractivity contribution in [1.29, 1.82) is 0 Å². The first-order valence-corrected chi connectivity index (χ1v) is 6.62. The van der Waals surface area contributed by atoms with Gasteiger partial charge in [-0.25, -0.2) is 0 Å². The van der Waals surface area contributed by atoms with Gasteiger partial charge in [0, 0.05) is 12.3 Å². The van der Waals surface area contributed by atoms with Gasteiger partial charge in [-0.3, -0.25) is 4.79 Å². The number of carbonyl (C=O) groups is 1. The predicted molar refractivity (Wildman–Crippen MR) is 73.4 cm³/mol. The molecule has 6 nitrogen and oxygen atoms in total.